The van der Waals surface area contributed by atoms with Gasteiger partial charge in [0.2, 0.25) is 0 Å². The van der Waals surface area contributed by atoms with E-state index >= 15 is 0 Å². The Labute approximate surface area is 217 Å². The quantitative estimate of drug-likeness (QED) is 0.522. The summed E-state index contributed by atoms with van der Waals surface area (Å²) >= 11 is 0. The fourth-order valence-corrected chi connectivity index (χ4v) is 7.89. The lowest BCUT2D eigenvalue weighted by Gasteiger charge is -2.48. The standard InChI is InChI=1S/C30H39N3O2S/c1-23-7-6-10-29(23)30(22-31,25-8-4-3-5-9-25)26-15-17-32(18-16-26)19-24-20-33(21-24)27-11-13-28(14-12-27)36(2,34)35/h3-5,8-9,11-14,23-24,26,29H,6-7,10,15-21H2,1-2H3/t23-,29-,30?/m1/s1. The van der Waals surface area contributed by atoms with Gasteiger partial charge in [0.05, 0.1) is 16.4 Å². The average Bonchev–Trinajstić information content (AvgIpc) is 3.29. The van der Waals surface area contributed by atoms with Crippen molar-refractivity contribution in [3.8, 4) is 6.07 Å². The zero-order valence-corrected chi connectivity index (χ0v) is 22.5. The summed E-state index contributed by atoms with van der Waals surface area (Å²) in [5.41, 5.74) is 1.97. The number of benzene rings is 2. The summed E-state index contributed by atoms with van der Waals surface area (Å²) in [5.74, 6) is 2.12. The Morgan fingerprint density at radius 3 is 2.19 bits per heavy atom. The third-order valence-corrected chi connectivity index (χ3v) is 10.3. The number of hydrogen-bond donors (Lipinski definition) is 0. The van der Waals surface area contributed by atoms with Crippen molar-refractivity contribution in [3.63, 3.8) is 0 Å². The van der Waals surface area contributed by atoms with Gasteiger partial charge in [0.1, 0.15) is 0 Å². The van der Waals surface area contributed by atoms with E-state index in [1.165, 1.54) is 31.1 Å². The molecule has 1 aliphatic carbocycles. The lowest BCUT2D eigenvalue weighted by atomic mass is 9.58. The zero-order valence-electron chi connectivity index (χ0n) is 21.6. The highest BCUT2D eigenvalue weighted by Gasteiger charge is 2.51. The van der Waals surface area contributed by atoms with Crippen LogP contribution in [0, 0.1) is 35.0 Å². The lowest BCUT2D eigenvalue weighted by molar-refractivity contribution is 0.0931. The second kappa shape index (κ2) is 10.2. The fourth-order valence-electron chi connectivity index (χ4n) is 7.26. The van der Waals surface area contributed by atoms with E-state index in [0.29, 0.717) is 28.6 Å². The molecule has 0 bridgehead atoms. The summed E-state index contributed by atoms with van der Waals surface area (Å²) in [4.78, 5) is 5.32. The molecule has 0 aromatic heterocycles. The van der Waals surface area contributed by atoms with Crippen LogP contribution in [0.3, 0.4) is 0 Å². The molecular formula is C30H39N3O2S. The van der Waals surface area contributed by atoms with E-state index in [0.717, 1.165) is 51.3 Å². The fraction of sp³-hybridized carbons (Fsp3) is 0.567. The first kappa shape index (κ1) is 25.3. The number of sulfone groups is 1. The number of anilines is 1. The third kappa shape index (κ3) is 4.80. The van der Waals surface area contributed by atoms with Crippen molar-refractivity contribution in [2.24, 2.45) is 23.7 Å². The van der Waals surface area contributed by atoms with Gasteiger partial charge < -0.3 is 9.80 Å². The maximum atomic E-state index is 11.7. The van der Waals surface area contributed by atoms with E-state index in [2.05, 4.69) is 53.1 Å². The van der Waals surface area contributed by atoms with Crippen LogP contribution in [0.4, 0.5) is 5.69 Å². The van der Waals surface area contributed by atoms with Gasteiger partial charge in [0.15, 0.2) is 9.84 Å². The molecule has 2 aromatic carbocycles. The van der Waals surface area contributed by atoms with Gasteiger partial charge in [-0.1, -0.05) is 50.1 Å². The van der Waals surface area contributed by atoms with Gasteiger partial charge in [-0.2, -0.15) is 5.26 Å². The average molecular weight is 506 g/mol. The number of piperidine rings is 1. The Bertz CT molecular complexity index is 1180. The molecule has 6 heteroatoms. The van der Waals surface area contributed by atoms with Crippen molar-refractivity contribution < 1.29 is 8.42 Å². The van der Waals surface area contributed by atoms with Crippen LogP contribution < -0.4 is 4.90 Å². The van der Waals surface area contributed by atoms with Gasteiger partial charge in [-0.15, -0.1) is 0 Å². The second-order valence-corrected chi connectivity index (χ2v) is 13.5. The SMILES string of the molecule is C[C@@H]1CCC[C@H]1C(C#N)(c1ccccc1)C1CCN(CC2CN(c3ccc(S(C)(=O)=O)cc3)C2)CC1. The first-order chi connectivity index (χ1) is 17.3. The summed E-state index contributed by atoms with van der Waals surface area (Å²) in [5, 5.41) is 10.7. The molecule has 0 spiro atoms. The Morgan fingerprint density at radius 2 is 1.64 bits per heavy atom. The first-order valence-corrected chi connectivity index (χ1v) is 15.4. The molecule has 0 amide bonds. The van der Waals surface area contributed by atoms with Gasteiger partial charge in [-0.3, -0.25) is 0 Å². The minimum atomic E-state index is -3.15. The Kier molecular flexibility index (Phi) is 7.16. The maximum Gasteiger partial charge on any atom is 0.175 e. The molecule has 2 aromatic rings. The van der Waals surface area contributed by atoms with Gasteiger partial charge >= 0.3 is 0 Å². The van der Waals surface area contributed by atoms with Crippen LogP contribution in [-0.4, -0.2) is 52.3 Å². The first-order valence-electron chi connectivity index (χ1n) is 13.6. The highest BCUT2D eigenvalue weighted by Crippen LogP contribution is 2.52. The topological polar surface area (TPSA) is 64.4 Å². The van der Waals surface area contributed by atoms with Gasteiger partial charge in [-0.05, 0) is 79.9 Å². The van der Waals surface area contributed by atoms with E-state index < -0.39 is 9.84 Å². The number of nitriles is 1. The van der Waals surface area contributed by atoms with E-state index in [4.69, 9.17) is 0 Å². The summed E-state index contributed by atoms with van der Waals surface area (Å²) in [6.07, 6.45) is 7.10. The van der Waals surface area contributed by atoms with Crippen LogP contribution in [-0.2, 0) is 15.3 Å². The van der Waals surface area contributed by atoms with Crippen molar-refractivity contribution in [2.75, 3.05) is 43.9 Å². The van der Waals surface area contributed by atoms with E-state index in [1.807, 2.05) is 12.1 Å². The van der Waals surface area contributed by atoms with Crippen LogP contribution >= 0.6 is 0 Å². The van der Waals surface area contributed by atoms with Crippen molar-refractivity contribution in [1.82, 2.24) is 4.90 Å². The molecular weight excluding hydrogens is 466 g/mol. The molecule has 3 fully saturated rings. The van der Waals surface area contributed by atoms with E-state index in [-0.39, 0.29) is 5.41 Å². The van der Waals surface area contributed by atoms with Crippen molar-refractivity contribution >= 4 is 15.5 Å². The molecule has 3 aliphatic rings. The van der Waals surface area contributed by atoms with Crippen LogP contribution in [0.1, 0.15) is 44.6 Å². The molecule has 36 heavy (non-hydrogen) atoms. The number of likely N-dealkylation sites (tertiary alicyclic amines) is 1. The number of rotatable bonds is 7. The zero-order chi connectivity index (χ0) is 25.3. The maximum absolute atomic E-state index is 11.7. The predicted molar refractivity (Wildman–Crippen MR) is 145 cm³/mol. The highest BCUT2D eigenvalue weighted by molar-refractivity contribution is 7.90. The summed E-state index contributed by atoms with van der Waals surface area (Å²) in [7, 11) is -3.15. The van der Waals surface area contributed by atoms with E-state index in [9.17, 15) is 13.7 Å². The van der Waals surface area contributed by atoms with Crippen molar-refractivity contribution in [2.45, 2.75) is 49.3 Å². The minimum Gasteiger partial charge on any atom is -0.371 e. The molecule has 2 aliphatic heterocycles. The molecule has 2 saturated heterocycles. The summed E-state index contributed by atoms with van der Waals surface area (Å²) in [6.45, 7) is 7.64. The van der Waals surface area contributed by atoms with Crippen molar-refractivity contribution in [1.29, 1.82) is 5.26 Å². The van der Waals surface area contributed by atoms with Crippen LogP contribution in [0.2, 0.25) is 0 Å². The largest absolute Gasteiger partial charge is 0.371 e. The van der Waals surface area contributed by atoms with Crippen LogP contribution in [0.5, 0.6) is 0 Å². The van der Waals surface area contributed by atoms with Gasteiger partial charge in [0.25, 0.3) is 0 Å². The van der Waals surface area contributed by atoms with Gasteiger partial charge in [0, 0.05) is 37.5 Å². The molecule has 192 valence electrons. The Hall–Kier alpha value is -2.36. The number of hydrogen-bond acceptors (Lipinski definition) is 5. The minimum absolute atomic E-state index is 0.366. The summed E-state index contributed by atoms with van der Waals surface area (Å²) in [6, 6.07) is 20.9. The van der Waals surface area contributed by atoms with Crippen LogP contribution in [0.15, 0.2) is 59.5 Å². The second-order valence-electron chi connectivity index (χ2n) is 11.5. The molecule has 0 radical (unpaired) electrons. The van der Waals surface area contributed by atoms with Crippen LogP contribution in [0.25, 0.3) is 0 Å². The monoisotopic (exact) mass is 505 g/mol. The normalized spacial score (nSPS) is 25.8. The highest BCUT2D eigenvalue weighted by atomic mass is 32.2. The molecule has 3 atom stereocenters. The Morgan fingerprint density at radius 1 is 0.972 bits per heavy atom. The molecule has 5 rings (SSSR count). The predicted octanol–water partition coefficient (Wildman–Crippen LogP) is 5.14. The molecule has 2 heterocycles. The lowest BCUT2D eigenvalue weighted by Crippen LogP contribution is -2.54. The molecule has 1 saturated carbocycles. The Balaban J connectivity index is 1.19. The molecule has 1 unspecified atom stereocenters. The molecule has 5 nitrogen and oxygen atoms in total. The third-order valence-electron chi connectivity index (χ3n) is 9.22. The molecule has 0 N–H and O–H groups in total. The summed E-state index contributed by atoms with van der Waals surface area (Å²) < 4.78 is 23.4. The van der Waals surface area contributed by atoms with E-state index in [1.54, 1.807) is 12.1 Å². The smallest absolute Gasteiger partial charge is 0.175 e. The van der Waals surface area contributed by atoms with Crippen molar-refractivity contribution in [3.05, 3.63) is 60.2 Å². The number of nitrogens with zero attached hydrogens (tertiary/aromatic N) is 3. The van der Waals surface area contributed by atoms with Gasteiger partial charge in [-0.25, -0.2) is 8.42 Å².